The fraction of sp³-hybridized carbons (Fsp3) is 0.765. The van der Waals surface area contributed by atoms with Crippen molar-refractivity contribution in [3.8, 4) is 0 Å². The molecule has 0 spiro atoms. The van der Waals surface area contributed by atoms with E-state index in [2.05, 4.69) is 15.4 Å². The fourth-order valence-corrected chi connectivity index (χ4v) is 1.80. The maximum atomic E-state index is 11.3. The number of carbonyl (C=O) groups is 4. The Kier molecular flexibility index (Phi) is 17.6. The number of carbonyl (C=O) groups excluding carboxylic acids is 2. The zero-order valence-electron chi connectivity index (χ0n) is 16.4. The number of hydrogen-bond donors (Lipinski definition) is 4. The summed E-state index contributed by atoms with van der Waals surface area (Å²) in [4.78, 5) is 43.0. The van der Waals surface area contributed by atoms with Gasteiger partial charge in [-0.15, -0.1) is 0 Å². The highest BCUT2D eigenvalue weighted by molar-refractivity contribution is 5.80. The fourth-order valence-electron chi connectivity index (χ4n) is 1.80. The lowest BCUT2D eigenvalue weighted by atomic mass is 10.3. The van der Waals surface area contributed by atoms with Crippen molar-refractivity contribution in [2.24, 2.45) is 0 Å². The van der Waals surface area contributed by atoms with Gasteiger partial charge in [-0.2, -0.15) is 0 Å². The van der Waals surface area contributed by atoms with Crippen molar-refractivity contribution in [2.75, 3.05) is 65.9 Å². The van der Waals surface area contributed by atoms with Gasteiger partial charge in [0.2, 0.25) is 11.8 Å². The normalized spacial score (nSPS) is 10.5. The van der Waals surface area contributed by atoms with Crippen molar-refractivity contribution in [1.82, 2.24) is 10.6 Å². The molecule has 12 heteroatoms. The Morgan fingerprint density at radius 2 is 1.17 bits per heavy atom. The number of nitrogens with one attached hydrogen (secondary N) is 2. The van der Waals surface area contributed by atoms with Crippen LogP contribution >= 0.6 is 0 Å². The van der Waals surface area contributed by atoms with Crippen LogP contribution < -0.4 is 10.6 Å². The molecule has 0 aromatic carbocycles. The minimum Gasteiger partial charge on any atom is -0.481 e. The maximum absolute atomic E-state index is 11.3. The molecule has 0 saturated carbocycles. The van der Waals surface area contributed by atoms with Crippen LogP contribution in [0.4, 0.5) is 0 Å². The predicted molar refractivity (Wildman–Crippen MR) is 98.4 cm³/mol. The second kappa shape index (κ2) is 19.1. The monoisotopic (exact) mass is 422 g/mol. The van der Waals surface area contributed by atoms with Crippen LogP contribution in [0.1, 0.15) is 19.3 Å². The molecule has 2 amide bonds. The van der Waals surface area contributed by atoms with Crippen LogP contribution in [0.5, 0.6) is 0 Å². The summed E-state index contributed by atoms with van der Waals surface area (Å²) < 4.78 is 20.5. The molecule has 0 unspecified atom stereocenters. The highest BCUT2D eigenvalue weighted by Gasteiger charge is 2.04. The second-order valence-corrected chi connectivity index (χ2v) is 5.67. The molecule has 0 aromatic rings. The molecule has 168 valence electrons. The zero-order chi connectivity index (χ0) is 21.7. The summed E-state index contributed by atoms with van der Waals surface area (Å²) in [5, 5.41) is 21.9. The van der Waals surface area contributed by atoms with Crippen LogP contribution in [0.25, 0.3) is 0 Å². The van der Waals surface area contributed by atoms with E-state index in [0.717, 1.165) is 0 Å². The van der Waals surface area contributed by atoms with E-state index in [0.29, 0.717) is 52.6 Å². The molecule has 0 fully saturated rings. The van der Waals surface area contributed by atoms with Crippen LogP contribution in [0.15, 0.2) is 0 Å². The van der Waals surface area contributed by atoms with Gasteiger partial charge in [-0.3, -0.25) is 14.4 Å². The first-order chi connectivity index (χ1) is 13.9. The number of amides is 2. The summed E-state index contributed by atoms with van der Waals surface area (Å²) in [5.41, 5.74) is 0. The number of carboxylic acids is 2. The van der Waals surface area contributed by atoms with E-state index in [9.17, 15) is 19.2 Å². The summed E-state index contributed by atoms with van der Waals surface area (Å²) in [6.45, 7) is 2.15. The summed E-state index contributed by atoms with van der Waals surface area (Å²) in [6, 6.07) is 0. The largest absolute Gasteiger partial charge is 0.481 e. The number of rotatable bonds is 20. The van der Waals surface area contributed by atoms with Crippen molar-refractivity contribution in [3.63, 3.8) is 0 Å². The van der Waals surface area contributed by atoms with Crippen LogP contribution in [0.3, 0.4) is 0 Å². The van der Waals surface area contributed by atoms with Gasteiger partial charge in [0.15, 0.2) is 0 Å². The molecule has 0 aliphatic rings. The quantitative estimate of drug-likeness (QED) is 0.172. The Morgan fingerprint density at radius 1 is 0.586 bits per heavy atom. The molecule has 0 rings (SSSR count). The molecule has 0 aromatic heterocycles. The Bertz CT molecular complexity index is 487. The molecular formula is C17H30N2O10. The van der Waals surface area contributed by atoms with Crippen LogP contribution in [0.2, 0.25) is 0 Å². The lowest BCUT2D eigenvalue weighted by Crippen LogP contribution is -2.31. The van der Waals surface area contributed by atoms with Gasteiger partial charge < -0.3 is 39.8 Å². The molecular weight excluding hydrogens is 392 g/mol. The molecule has 4 N–H and O–H groups in total. The van der Waals surface area contributed by atoms with Gasteiger partial charge in [0.1, 0.15) is 13.2 Å². The van der Waals surface area contributed by atoms with Gasteiger partial charge in [0, 0.05) is 26.1 Å². The highest BCUT2D eigenvalue weighted by atomic mass is 16.5. The van der Waals surface area contributed by atoms with Crippen molar-refractivity contribution in [3.05, 3.63) is 0 Å². The molecule has 12 nitrogen and oxygen atoms in total. The lowest BCUT2D eigenvalue weighted by Gasteiger charge is -2.08. The van der Waals surface area contributed by atoms with E-state index < -0.39 is 24.5 Å². The van der Waals surface area contributed by atoms with Gasteiger partial charge >= 0.3 is 11.9 Å². The van der Waals surface area contributed by atoms with Crippen molar-refractivity contribution >= 4 is 23.8 Å². The van der Waals surface area contributed by atoms with Gasteiger partial charge in [-0.1, -0.05) is 0 Å². The minimum atomic E-state index is -1.13. The molecule has 29 heavy (non-hydrogen) atoms. The van der Waals surface area contributed by atoms with E-state index in [1.807, 2.05) is 0 Å². The van der Waals surface area contributed by atoms with Gasteiger partial charge in [-0.05, 0) is 6.42 Å². The molecule has 0 aliphatic carbocycles. The second-order valence-electron chi connectivity index (χ2n) is 5.67. The van der Waals surface area contributed by atoms with Crippen LogP contribution in [0, 0.1) is 0 Å². The van der Waals surface area contributed by atoms with E-state index in [4.69, 9.17) is 24.4 Å². The maximum Gasteiger partial charge on any atom is 0.329 e. The summed E-state index contributed by atoms with van der Waals surface area (Å²) in [7, 11) is 0. The van der Waals surface area contributed by atoms with Gasteiger partial charge in [0.05, 0.1) is 39.5 Å². The first-order valence-electron chi connectivity index (χ1n) is 9.19. The molecule has 0 radical (unpaired) electrons. The highest BCUT2D eigenvalue weighted by Crippen LogP contribution is 1.89. The Morgan fingerprint density at radius 3 is 1.79 bits per heavy atom. The lowest BCUT2D eigenvalue weighted by molar-refractivity contribution is -0.143. The summed E-state index contributed by atoms with van der Waals surface area (Å²) in [6.07, 6.45) is 0.413. The van der Waals surface area contributed by atoms with Crippen LogP contribution in [-0.2, 0) is 38.1 Å². The van der Waals surface area contributed by atoms with E-state index in [-0.39, 0.29) is 31.9 Å². The van der Waals surface area contributed by atoms with E-state index >= 15 is 0 Å². The smallest absolute Gasteiger partial charge is 0.329 e. The van der Waals surface area contributed by atoms with Gasteiger partial charge in [-0.25, -0.2) is 4.79 Å². The SMILES string of the molecule is O=C(O)CCC(=O)NCCCOCCOCCOCCNC(=O)COCC(=O)O. The number of ether oxygens (including phenoxy) is 4. The average molecular weight is 422 g/mol. The summed E-state index contributed by atoms with van der Waals surface area (Å²) in [5.74, 6) is -2.84. The predicted octanol–water partition coefficient (Wildman–Crippen LogP) is -1.38. The summed E-state index contributed by atoms with van der Waals surface area (Å²) >= 11 is 0. The van der Waals surface area contributed by atoms with Crippen molar-refractivity contribution in [1.29, 1.82) is 0 Å². The van der Waals surface area contributed by atoms with E-state index in [1.54, 1.807) is 0 Å². The molecule has 0 heterocycles. The third-order valence-electron chi connectivity index (χ3n) is 3.12. The Labute approximate surface area is 168 Å². The number of aliphatic carboxylic acids is 2. The minimum absolute atomic E-state index is 0.0281. The molecule has 0 bridgehead atoms. The Balaban J connectivity index is 3.22. The Hall–Kier alpha value is -2.28. The third-order valence-corrected chi connectivity index (χ3v) is 3.12. The molecule has 0 aliphatic heterocycles. The zero-order valence-corrected chi connectivity index (χ0v) is 16.4. The standard InChI is InChI=1S/C17H30N2O10/c20-14(2-3-16(22)23)18-4-1-6-26-8-10-28-11-9-27-7-5-19-15(21)12-29-13-17(24)25/h1-13H2,(H,18,20)(H,19,21)(H,22,23)(H,24,25). The third kappa shape index (κ3) is 21.9. The van der Waals surface area contributed by atoms with E-state index in [1.165, 1.54) is 0 Å². The van der Waals surface area contributed by atoms with Gasteiger partial charge in [0.25, 0.3) is 0 Å². The average Bonchev–Trinajstić information content (AvgIpc) is 2.66. The number of hydrogen-bond acceptors (Lipinski definition) is 8. The van der Waals surface area contributed by atoms with Crippen molar-refractivity contribution in [2.45, 2.75) is 19.3 Å². The number of carboxylic acid groups (broad SMARTS) is 2. The topological polar surface area (TPSA) is 170 Å². The molecule has 0 saturated heterocycles. The van der Waals surface area contributed by atoms with Crippen molar-refractivity contribution < 1.29 is 48.3 Å². The van der Waals surface area contributed by atoms with Crippen LogP contribution in [-0.4, -0.2) is 99.9 Å². The first kappa shape index (κ1) is 26.7. The molecule has 0 atom stereocenters. The first-order valence-corrected chi connectivity index (χ1v) is 9.19.